The number of rotatable bonds is 9. The minimum Gasteiger partial charge on any atom is -0.495 e. The second kappa shape index (κ2) is 11.3. The number of nitrogens with one attached hydrogen (secondary N) is 1. The number of hydrogen-bond donors (Lipinski definition) is 1. The summed E-state index contributed by atoms with van der Waals surface area (Å²) in [5.74, 6) is 0.786. The smallest absolute Gasteiger partial charge is 0.173 e. The quantitative estimate of drug-likeness (QED) is 0.537. The lowest BCUT2D eigenvalue weighted by Crippen LogP contribution is -2.39. The number of benzene rings is 2. The van der Waals surface area contributed by atoms with Gasteiger partial charge < -0.3 is 24.6 Å². The maximum atomic E-state index is 5.90. The molecule has 31 heavy (non-hydrogen) atoms. The second-order valence-electron chi connectivity index (χ2n) is 7.99. The lowest BCUT2D eigenvalue weighted by atomic mass is 10.1. The average molecular weight is 442 g/mol. The van der Waals surface area contributed by atoms with Gasteiger partial charge in [0.15, 0.2) is 5.11 Å². The van der Waals surface area contributed by atoms with Gasteiger partial charge in [0.05, 0.1) is 18.9 Å². The number of ether oxygens (including phenoxy) is 2. The Bertz CT molecular complexity index is 846. The molecule has 1 heterocycles. The van der Waals surface area contributed by atoms with Crippen LogP contribution in [0.25, 0.3) is 0 Å². The van der Waals surface area contributed by atoms with Gasteiger partial charge in [-0.25, -0.2) is 0 Å². The fraction of sp³-hybridized carbons (Fsp3) is 0.480. The molecule has 1 fully saturated rings. The molecule has 0 spiro atoms. The van der Waals surface area contributed by atoms with Crippen LogP contribution in [-0.2, 0) is 11.3 Å². The summed E-state index contributed by atoms with van der Waals surface area (Å²) in [5.41, 5.74) is 4.53. The van der Waals surface area contributed by atoms with Crippen molar-refractivity contribution in [2.45, 2.75) is 46.3 Å². The standard InChI is InChI=1S/C25H35N3O2S/c1-5-27(6-2)21-12-10-20(11-13-21)17-28(18-22-8-7-15-30-22)25(31)26-23-16-19(3)9-14-24(23)29-4/h9-14,16,22H,5-8,15,17-18H2,1-4H3,(H,26,31). The molecule has 0 aliphatic carbocycles. The molecule has 6 heteroatoms. The Balaban J connectivity index is 1.76. The van der Waals surface area contributed by atoms with Crippen LogP contribution < -0.4 is 15.0 Å². The van der Waals surface area contributed by atoms with E-state index in [0.29, 0.717) is 5.11 Å². The van der Waals surface area contributed by atoms with Crippen molar-refractivity contribution in [3.63, 3.8) is 0 Å². The second-order valence-corrected chi connectivity index (χ2v) is 8.37. The largest absolute Gasteiger partial charge is 0.495 e. The van der Waals surface area contributed by atoms with Crippen molar-refractivity contribution in [1.82, 2.24) is 4.90 Å². The summed E-state index contributed by atoms with van der Waals surface area (Å²) in [7, 11) is 1.68. The number of aryl methyl sites for hydroxylation is 1. The third kappa shape index (κ3) is 6.34. The lowest BCUT2D eigenvalue weighted by Gasteiger charge is -2.29. The lowest BCUT2D eigenvalue weighted by molar-refractivity contribution is 0.0905. The van der Waals surface area contributed by atoms with Gasteiger partial charge in [0, 0.05) is 38.5 Å². The highest BCUT2D eigenvalue weighted by Crippen LogP contribution is 2.26. The topological polar surface area (TPSA) is 37.0 Å². The fourth-order valence-corrected chi connectivity index (χ4v) is 4.24. The predicted octanol–water partition coefficient (Wildman–Crippen LogP) is 5.23. The molecule has 0 bridgehead atoms. The molecule has 1 unspecified atom stereocenters. The van der Waals surface area contributed by atoms with Crippen LogP contribution in [0.3, 0.4) is 0 Å². The molecule has 168 valence electrons. The van der Waals surface area contributed by atoms with Crippen molar-refractivity contribution in [2.24, 2.45) is 0 Å². The van der Waals surface area contributed by atoms with Crippen LogP contribution in [-0.4, -0.2) is 49.5 Å². The van der Waals surface area contributed by atoms with Gasteiger partial charge in [0.2, 0.25) is 0 Å². The van der Waals surface area contributed by atoms with Crippen LogP contribution in [0.4, 0.5) is 11.4 Å². The average Bonchev–Trinajstić information content (AvgIpc) is 3.28. The molecule has 1 aliphatic rings. The fourth-order valence-electron chi connectivity index (χ4n) is 3.99. The van der Waals surface area contributed by atoms with E-state index < -0.39 is 0 Å². The SMILES string of the molecule is CCN(CC)c1ccc(CN(CC2CCCO2)C(=S)Nc2cc(C)ccc2OC)cc1. The summed E-state index contributed by atoms with van der Waals surface area (Å²) >= 11 is 5.84. The van der Waals surface area contributed by atoms with E-state index in [1.165, 1.54) is 11.3 Å². The van der Waals surface area contributed by atoms with Crippen molar-refractivity contribution in [3.05, 3.63) is 53.6 Å². The van der Waals surface area contributed by atoms with Gasteiger partial charge in [-0.3, -0.25) is 0 Å². The Kier molecular flexibility index (Phi) is 8.55. The molecule has 1 saturated heterocycles. The van der Waals surface area contributed by atoms with E-state index in [1.54, 1.807) is 7.11 Å². The first kappa shape index (κ1) is 23.4. The van der Waals surface area contributed by atoms with E-state index in [2.05, 4.69) is 66.2 Å². The van der Waals surface area contributed by atoms with Crippen molar-refractivity contribution < 1.29 is 9.47 Å². The number of thiocarbonyl (C=S) groups is 1. The van der Waals surface area contributed by atoms with E-state index in [9.17, 15) is 0 Å². The molecule has 0 aromatic heterocycles. The predicted molar refractivity (Wildman–Crippen MR) is 133 cm³/mol. The molecular formula is C25H35N3O2S. The molecule has 5 nitrogen and oxygen atoms in total. The first-order chi connectivity index (χ1) is 15.0. The van der Waals surface area contributed by atoms with E-state index in [-0.39, 0.29) is 6.10 Å². The molecule has 0 amide bonds. The van der Waals surface area contributed by atoms with Crippen LogP contribution in [0.15, 0.2) is 42.5 Å². The Labute approximate surface area is 192 Å². The van der Waals surface area contributed by atoms with Gasteiger partial charge in [-0.05, 0) is 81.2 Å². The highest BCUT2D eigenvalue weighted by molar-refractivity contribution is 7.80. The van der Waals surface area contributed by atoms with Crippen LogP contribution in [0.1, 0.15) is 37.8 Å². The summed E-state index contributed by atoms with van der Waals surface area (Å²) in [6, 6.07) is 14.9. The minimum atomic E-state index is 0.217. The molecule has 0 saturated carbocycles. The zero-order valence-electron chi connectivity index (χ0n) is 19.2. The summed E-state index contributed by atoms with van der Waals surface area (Å²) in [5, 5.41) is 4.10. The number of hydrogen-bond acceptors (Lipinski definition) is 4. The Morgan fingerprint density at radius 1 is 1.16 bits per heavy atom. The normalized spacial score (nSPS) is 15.5. The minimum absolute atomic E-state index is 0.217. The third-order valence-corrected chi connectivity index (χ3v) is 6.13. The zero-order valence-corrected chi connectivity index (χ0v) is 20.0. The molecule has 3 rings (SSSR count). The third-order valence-electron chi connectivity index (χ3n) is 5.77. The maximum absolute atomic E-state index is 5.90. The van der Waals surface area contributed by atoms with Crippen molar-refractivity contribution in [1.29, 1.82) is 0 Å². The first-order valence-electron chi connectivity index (χ1n) is 11.2. The Hall–Kier alpha value is -2.31. The van der Waals surface area contributed by atoms with Crippen LogP contribution >= 0.6 is 12.2 Å². The van der Waals surface area contributed by atoms with Crippen molar-refractivity contribution in [3.8, 4) is 5.75 Å². The number of anilines is 2. The van der Waals surface area contributed by atoms with Gasteiger partial charge in [-0.2, -0.15) is 0 Å². The Morgan fingerprint density at radius 3 is 2.52 bits per heavy atom. The molecule has 1 N–H and O–H groups in total. The molecule has 0 radical (unpaired) electrons. The highest BCUT2D eigenvalue weighted by Gasteiger charge is 2.22. The van der Waals surface area contributed by atoms with Gasteiger partial charge in [-0.15, -0.1) is 0 Å². The van der Waals surface area contributed by atoms with E-state index >= 15 is 0 Å². The van der Waals surface area contributed by atoms with Crippen molar-refractivity contribution in [2.75, 3.05) is 43.6 Å². The monoisotopic (exact) mass is 441 g/mol. The summed E-state index contributed by atoms with van der Waals surface area (Å²) in [6.07, 6.45) is 2.41. The van der Waals surface area contributed by atoms with E-state index in [0.717, 1.165) is 62.6 Å². The van der Waals surface area contributed by atoms with Gasteiger partial charge in [0.25, 0.3) is 0 Å². The molecule has 1 atom stereocenters. The number of nitrogens with zero attached hydrogens (tertiary/aromatic N) is 2. The van der Waals surface area contributed by atoms with Gasteiger partial charge in [-0.1, -0.05) is 18.2 Å². The molecule has 2 aromatic rings. The summed E-state index contributed by atoms with van der Waals surface area (Å²) < 4.78 is 11.4. The van der Waals surface area contributed by atoms with Gasteiger partial charge >= 0.3 is 0 Å². The van der Waals surface area contributed by atoms with Crippen LogP contribution in [0.5, 0.6) is 5.75 Å². The molecular weight excluding hydrogens is 406 g/mol. The van der Waals surface area contributed by atoms with Crippen LogP contribution in [0, 0.1) is 6.92 Å². The summed E-state index contributed by atoms with van der Waals surface area (Å²) in [4.78, 5) is 4.56. The summed E-state index contributed by atoms with van der Waals surface area (Å²) in [6.45, 7) is 10.8. The van der Waals surface area contributed by atoms with Crippen molar-refractivity contribution >= 4 is 28.7 Å². The molecule has 2 aromatic carbocycles. The zero-order chi connectivity index (χ0) is 22.2. The maximum Gasteiger partial charge on any atom is 0.173 e. The highest BCUT2D eigenvalue weighted by atomic mass is 32.1. The van der Waals surface area contributed by atoms with Crippen LogP contribution in [0.2, 0.25) is 0 Å². The Morgan fingerprint density at radius 2 is 1.90 bits per heavy atom. The van der Waals surface area contributed by atoms with Gasteiger partial charge in [0.1, 0.15) is 5.75 Å². The first-order valence-corrected chi connectivity index (χ1v) is 11.6. The molecule has 1 aliphatic heterocycles. The van der Waals surface area contributed by atoms with E-state index in [4.69, 9.17) is 21.7 Å². The number of methoxy groups -OCH3 is 1. The van der Waals surface area contributed by atoms with E-state index in [1.807, 2.05) is 12.1 Å².